The first-order valence-corrected chi connectivity index (χ1v) is 4.93. The standard InChI is InChI=1S/C8H7Cl2N5/c1-15-3-2-11-6(15)4-5-12-7(9)14-8(10)13-5/h2-3H,4H2,1H3. The number of aryl methyl sites for hydroxylation is 1. The van der Waals surface area contributed by atoms with Crippen LogP contribution in [0.2, 0.25) is 10.6 Å². The van der Waals surface area contributed by atoms with Crippen molar-refractivity contribution in [2.75, 3.05) is 0 Å². The minimum Gasteiger partial charge on any atom is -0.338 e. The lowest BCUT2D eigenvalue weighted by molar-refractivity contribution is 0.788. The maximum Gasteiger partial charge on any atom is 0.226 e. The summed E-state index contributed by atoms with van der Waals surface area (Å²) in [5.74, 6) is 1.35. The van der Waals surface area contributed by atoms with E-state index < -0.39 is 0 Å². The Morgan fingerprint density at radius 1 is 1.20 bits per heavy atom. The molecule has 0 radical (unpaired) electrons. The molecule has 2 heterocycles. The third-order valence-electron chi connectivity index (χ3n) is 1.86. The molecule has 0 spiro atoms. The molecule has 0 aromatic carbocycles. The Morgan fingerprint density at radius 2 is 1.87 bits per heavy atom. The first-order chi connectivity index (χ1) is 7.15. The van der Waals surface area contributed by atoms with Crippen LogP contribution in [-0.2, 0) is 13.5 Å². The molecule has 0 fully saturated rings. The fourth-order valence-electron chi connectivity index (χ4n) is 1.15. The van der Waals surface area contributed by atoms with Crippen LogP contribution in [0, 0.1) is 0 Å². The molecule has 0 saturated heterocycles. The minimum absolute atomic E-state index is 0.0965. The highest BCUT2D eigenvalue weighted by molar-refractivity contribution is 6.30. The number of hydrogen-bond acceptors (Lipinski definition) is 4. The molecular weight excluding hydrogens is 237 g/mol. The summed E-state index contributed by atoms with van der Waals surface area (Å²) in [6, 6.07) is 0. The van der Waals surface area contributed by atoms with Crippen molar-refractivity contribution in [3.05, 3.63) is 34.6 Å². The van der Waals surface area contributed by atoms with Crippen LogP contribution in [0.3, 0.4) is 0 Å². The van der Waals surface area contributed by atoms with E-state index in [0.717, 1.165) is 5.82 Å². The van der Waals surface area contributed by atoms with Crippen LogP contribution in [-0.4, -0.2) is 24.5 Å². The second-order valence-corrected chi connectivity index (χ2v) is 3.60. The molecule has 78 valence electrons. The monoisotopic (exact) mass is 243 g/mol. The fraction of sp³-hybridized carbons (Fsp3) is 0.250. The van der Waals surface area contributed by atoms with Crippen molar-refractivity contribution in [2.24, 2.45) is 7.05 Å². The van der Waals surface area contributed by atoms with E-state index in [4.69, 9.17) is 23.2 Å². The highest BCUT2D eigenvalue weighted by Crippen LogP contribution is 2.09. The van der Waals surface area contributed by atoms with Gasteiger partial charge in [0.2, 0.25) is 10.6 Å². The van der Waals surface area contributed by atoms with Crippen LogP contribution in [0.5, 0.6) is 0 Å². The zero-order valence-electron chi connectivity index (χ0n) is 7.85. The molecule has 0 amide bonds. The molecule has 0 saturated carbocycles. The van der Waals surface area contributed by atoms with Gasteiger partial charge in [-0.25, -0.2) is 15.0 Å². The van der Waals surface area contributed by atoms with E-state index in [1.165, 1.54) is 0 Å². The molecule has 0 aliphatic carbocycles. The lowest BCUT2D eigenvalue weighted by Gasteiger charge is -2.01. The Balaban J connectivity index is 2.28. The van der Waals surface area contributed by atoms with Gasteiger partial charge in [0.15, 0.2) is 0 Å². The van der Waals surface area contributed by atoms with Gasteiger partial charge < -0.3 is 4.57 Å². The van der Waals surface area contributed by atoms with E-state index >= 15 is 0 Å². The van der Waals surface area contributed by atoms with E-state index in [9.17, 15) is 0 Å². The number of rotatable bonds is 2. The molecule has 0 bridgehead atoms. The number of halogens is 2. The Labute approximate surface area is 96.1 Å². The quantitative estimate of drug-likeness (QED) is 0.803. The van der Waals surface area contributed by atoms with Crippen LogP contribution in [0.1, 0.15) is 11.6 Å². The number of hydrogen-bond donors (Lipinski definition) is 0. The molecule has 15 heavy (non-hydrogen) atoms. The molecule has 7 heteroatoms. The van der Waals surface area contributed by atoms with Crippen molar-refractivity contribution in [1.82, 2.24) is 24.5 Å². The average molecular weight is 244 g/mol. The molecule has 2 rings (SSSR count). The molecule has 2 aromatic heterocycles. The van der Waals surface area contributed by atoms with E-state index in [1.54, 1.807) is 6.20 Å². The number of nitrogens with zero attached hydrogens (tertiary/aromatic N) is 5. The first kappa shape index (κ1) is 10.3. The first-order valence-electron chi connectivity index (χ1n) is 4.17. The van der Waals surface area contributed by atoms with Gasteiger partial charge >= 0.3 is 0 Å². The van der Waals surface area contributed by atoms with Gasteiger partial charge in [-0.3, -0.25) is 0 Å². The zero-order chi connectivity index (χ0) is 10.8. The predicted octanol–water partition coefficient (Wildman–Crippen LogP) is 1.50. The molecule has 5 nitrogen and oxygen atoms in total. The van der Waals surface area contributed by atoms with Gasteiger partial charge in [0, 0.05) is 19.4 Å². The smallest absolute Gasteiger partial charge is 0.226 e. The van der Waals surface area contributed by atoms with Gasteiger partial charge in [-0.2, -0.15) is 4.98 Å². The molecule has 0 atom stereocenters. The van der Waals surface area contributed by atoms with E-state index in [-0.39, 0.29) is 10.6 Å². The molecule has 0 aliphatic rings. The van der Waals surface area contributed by atoms with Crippen LogP contribution in [0.15, 0.2) is 12.4 Å². The van der Waals surface area contributed by atoms with Crippen molar-refractivity contribution in [3.63, 3.8) is 0 Å². The van der Waals surface area contributed by atoms with Crippen LogP contribution in [0.4, 0.5) is 0 Å². The summed E-state index contributed by atoms with van der Waals surface area (Å²) in [6.07, 6.45) is 4.03. The lowest BCUT2D eigenvalue weighted by Crippen LogP contribution is -2.04. The average Bonchev–Trinajstić information content (AvgIpc) is 2.50. The number of aromatic nitrogens is 5. The van der Waals surface area contributed by atoms with Gasteiger partial charge in [0.1, 0.15) is 11.6 Å². The summed E-state index contributed by atoms with van der Waals surface area (Å²) in [7, 11) is 1.90. The summed E-state index contributed by atoms with van der Waals surface area (Å²) in [6.45, 7) is 0. The SMILES string of the molecule is Cn1ccnc1Cc1nc(Cl)nc(Cl)n1. The maximum atomic E-state index is 5.66. The van der Waals surface area contributed by atoms with Crippen LogP contribution >= 0.6 is 23.2 Å². The lowest BCUT2D eigenvalue weighted by atomic mass is 10.4. The largest absolute Gasteiger partial charge is 0.338 e. The number of imidazole rings is 1. The van der Waals surface area contributed by atoms with E-state index in [0.29, 0.717) is 12.2 Å². The second kappa shape index (κ2) is 4.12. The topological polar surface area (TPSA) is 56.5 Å². The van der Waals surface area contributed by atoms with Crippen molar-refractivity contribution in [3.8, 4) is 0 Å². The summed E-state index contributed by atoms with van der Waals surface area (Å²) in [4.78, 5) is 15.7. The zero-order valence-corrected chi connectivity index (χ0v) is 9.37. The van der Waals surface area contributed by atoms with Gasteiger partial charge in [-0.1, -0.05) is 0 Å². The minimum atomic E-state index is 0.0965. The van der Waals surface area contributed by atoms with Crippen LogP contribution in [0.25, 0.3) is 0 Å². The van der Waals surface area contributed by atoms with Gasteiger partial charge in [-0.05, 0) is 23.2 Å². The van der Waals surface area contributed by atoms with E-state index in [1.807, 2.05) is 17.8 Å². The molecule has 0 aliphatic heterocycles. The normalized spacial score (nSPS) is 10.6. The Hall–Kier alpha value is -1.20. The second-order valence-electron chi connectivity index (χ2n) is 2.92. The Kier molecular flexibility index (Phi) is 2.83. The summed E-state index contributed by atoms with van der Waals surface area (Å²) in [5.41, 5.74) is 0. The van der Waals surface area contributed by atoms with Crippen molar-refractivity contribution in [2.45, 2.75) is 6.42 Å². The Bertz CT molecular complexity index is 461. The third-order valence-corrected chi connectivity index (χ3v) is 2.20. The maximum absolute atomic E-state index is 5.66. The summed E-state index contributed by atoms with van der Waals surface area (Å²) >= 11 is 11.3. The van der Waals surface area contributed by atoms with Gasteiger partial charge in [0.25, 0.3) is 0 Å². The van der Waals surface area contributed by atoms with Gasteiger partial charge in [0.05, 0.1) is 6.42 Å². The highest BCUT2D eigenvalue weighted by Gasteiger charge is 2.07. The Morgan fingerprint density at radius 3 is 2.40 bits per heavy atom. The third kappa shape index (κ3) is 2.43. The summed E-state index contributed by atoms with van der Waals surface area (Å²) < 4.78 is 1.88. The predicted molar refractivity (Wildman–Crippen MR) is 55.9 cm³/mol. The molecule has 2 aromatic rings. The van der Waals surface area contributed by atoms with Gasteiger partial charge in [-0.15, -0.1) is 0 Å². The van der Waals surface area contributed by atoms with Crippen LogP contribution < -0.4 is 0 Å². The van der Waals surface area contributed by atoms with Crippen molar-refractivity contribution in [1.29, 1.82) is 0 Å². The van der Waals surface area contributed by atoms with Crippen molar-refractivity contribution < 1.29 is 0 Å². The molecule has 0 N–H and O–H groups in total. The van der Waals surface area contributed by atoms with Crippen molar-refractivity contribution >= 4 is 23.2 Å². The molecular formula is C8H7Cl2N5. The van der Waals surface area contributed by atoms with E-state index in [2.05, 4.69) is 19.9 Å². The fourth-order valence-corrected chi connectivity index (χ4v) is 1.55. The summed E-state index contributed by atoms with van der Waals surface area (Å²) in [5, 5.41) is 0.193. The highest BCUT2D eigenvalue weighted by atomic mass is 35.5. The molecule has 0 unspecified atom stereocenters.